The van der Waals surface area contributed by atoms with Crippen LogP contribution >= 0.6 is 11.6 Å². The number of unbranched alkanes of at least 4 members (excludes halogenated alkanes) is 4. The van der Waals surface area contributed by atoms with Gasteiger partial charge >= 0.3 is 5.63 Å². The van der Waals surface area contributed by atoms with E-state index in [0.29, 0.717) is 16.4 Å². The first-order valence-electron chi connectivity index (χ1n) is 15.2. The van der Waals surface area contributed by atoms with Crippen molar-refractivity contribution in [1.82, 2.24) is 15.3 Å². The van der Waals surface area contributed by atoms with Crippen molar-refractivity contribution in [2.24, 2.45) is 0 Å². The van der Waals surface area contributed by atoms with E-state index in [4.69, 9.17) is 30.2 Å². The summed E-state index contributed by atoms with van der Waals surface area (Å²) in [6.45, 7) is 8.43. The van der Waals surface area contributed by atoms with Gasteiger partial charge < -0.3 is 24.2 Å². The highest BCUT2D eigenvalue weighted by Crippen LogP contribution is 2.35. The number of nitrogens with one attached hydrogen (secondary N) is 2. The molecule has 4 aromatic heterocycles. The Kier molecular flexibility index (Phi) is 8.73. The molecule has 6 rings (SSSR count). The Balaban J connectivity index is 0.990. The van der Waals surface area contributed by atoms with E-state index < -0.39 is 0 Å². The van der Waals surface area contributed by atoms with Gasteiger partial charge in [-0.2, -0.15) is 0 Å². The number of aromatic nitrogens is 2. The Morgan fingerprint density at radius 1 is 0.864 bits per heavy atom. The van der Waals surface area contributed by atoms with Gasteiger partial charge in [-0.3, -0.25) is 0 Å². The van der Waals surface area contributed by atoms with E-state index in [0.717, 1.165) is 105 Å². The summed E-state index contributed by atoms with van der Waals surface area (Å²) in [4.78, 5) is 21.3. The number of ether oxygens (including phenoxy) is 1. The van der Waals surface area contributed by atoms with Gasteiger partial charge in [-0.25, -0.2) is 14.8 Å². The number of fused-ring (bicyclic) bond motifs is 4. The standard InChI is InChI=1S/C35H37ClN4O4/c1-20-14-31(41)44-34-21(2)35-27(17-26(20)34)28(22(3)43-35)19-37-12-8-6-5-7-9-13-38-32-25-11-10-23(36)15-29(25)40-30-16-24(42-4)18-39-33(30)32/h10-11,14-18,37H,5-9,12-13,19H2,1-4H3,(H,38,40). The molecule has 0 unspecified atom stereocenters. The lowest BCUT2D eigenvalue weighted by Gasteiger charge is -2.13. The van der Waals surface area contributed by atoms with Crippen molar-refractivity contribution in [3.05, 3.63) is 80.5 Å². The van der Waals surface area contributed by atoms with Crippen LogP contribution in [0.5, 0.6) is 5.75 Å². The maximum atomic E-state index is 11.9. The van der Waals surface area contributed by atoms with Gasteiger partial charge in [-0.1, -0.05) is 30.9 Å². The zero-order valence-corrected chi connectivity index (χ0v) is 26.4. The molecule has 0 spiro atoms. The van der Waals surface area contributed by atoms with Crippen molar-refractivity contribution in [1.29, 1.82) is 0 Å². The Labute approximate surface area is 260 Å². The molecule has 2 aromatic carbocycles. The third-order valence-electron chi connectivity index (χ3n) is 8.35. The van der Waals surface area contributed by atoms with Crippen LogP contribution in [0.2, 0.25) is 5.02 Å². The second-order valence-electron chi connectivity index (χ2n) is 11.4. The van der Waals surface area contributed by atoms with E-state index >= 15 is 0 Å². The number of benzene rings is 2. The lowest BCUT2D eigenvalue weighted by Crippen LogP contribution is -2.15. The van der Waals surface area contributed by atoms with Crippen molar-refractivity contribution >= 4 is 61.2 Å². The summed E-state index contributed by atoms with van der Waals surface area (Å²) >= 11 is 6.26. The quantitative estimate of drug-likeness (QED) is 0.0807. The van der Waals surface area contributed by atoms with E-state index in [2.05, 4.69) is 21.7 Å². The van der Waals surface area contributed by atoms with Crippen LogP contribution in [0.3, 0.4) is 0 Å². The molecule has 0 aliphatic carbocycles. The number of anilines is 1. The number of aryl methyl sites for hydroxylation is 3. The number of nitrogens with zero attached hydrogens (tertiary/aromatic N) is 2. The van der Waals surface area contributed by atoms with Gasteiger partial charge in [0, 0.05) is 57.5 Å². The van der Waals surface area contributed by atoms with Crippen LogP contribution in [0.15, 0.2) is 56.2 Å². The number of hydrogen-bond donors (Lipinski definition) is 2. The molecule has 0 bridgehead atoms. The van der Waals surface area contributed by atoms with E-state index in [1.165, 1.54) is 12.8 Å². The van der Waals surface area contributed by atoms with Crippen molar-refractivity contribution in [3.63, 3.8) is 0 Å². The minimum Gasteiger partial charge on any atom is -0.495 e. The lowest BCUT2D eigenvalue weighted by molar-refractivity contribution is 0.413. The van der Waals surface area contributed by atoms with Gasteiger partial charge in [0.15, 0.2) is 0 Å². The molecule has 0 amide bonds. The number of furan rings is 1. The summed E-state index contributed by atoms with van der Waals surface area (Å²) in [7, 11) is 1.63. The van der Waals surface area contributed by atoms with Crippen molar-refractivity contribution < 1.29 is 13.6 Å². The SMILES string of the molecule is COc1cnc2c(NCCCCCCCNCc3c(C)oc4c(C)c5oc(=O)cc(C)c5cc34)c3ccc(Cl)cc3nc2c1. The van der Waals surface area contributed by atoms with Gasteiger partial charge in [-0.05, 0) is 70.0 Å². The van der Waals surface area contributed by atoms with Crippen LogP contribution in [0.1, 0.15) is 54.6 Å². The predicted molar refractivity (Wildman–Crippen MR) is 178 cm³/mol. The van der Waals surface area contributed by atoms with Crippen LogP contribution < -0.4 is 21.0 Å². The fraction of sp³-hybridized carbons (Fsp3) is 0.343. The third-order valence-corrected chi connectivity index (χ3v) is 8.58. The summed E-state index contributed by atoms with van der Waals surface area (Å²) in [6.07, 6.45) is 7.40. The third kappa shape index (κ3) is 5.97. The second-order valence-corrected chi connectivity index (χ2v) is 11.8. The molecule has 4 heterocycles. The zero-order valence-electron chi connectivity index (χ0n) is 25.6. The fourth-order valence-corrected chi connectivity index (χ4v) is 6.14. The Hall–Kier alpha value is -4.14. The molecule has 2 N–H and O–H groups in total. The smallest absolute Gasteiger partial charge is 0.336 e. The number of pyridine rings is 2. The fourth-order valence-electron chi connectivity index (χ4n) is 5.97. The molecule has 8 nitrogen and oxygen atoms in total. The highest BCUT2D eigenvalue weighted by molar-refractivity contribution is 6.31. The molecule has 0 saturated carbocycles. The molecule has 228 valence electrons. The maximum absolute atomic E-state index is 11.9. The van der Waals surface area contributed by atoms with Crippen LogP contribution in [-0.4, -0.2) is 30.2 Å². The van der Waals surface area contributed by atoms with E-state index in [9.17, 15) is 4.79 Å². The van der Waals surface area contributed by atoms with Gasteiger partial charge in [0.05, 0.1) is 30.0 Å². The molecular formula is C35H37ClN4O4. The molecule has 0 atom stereocenters. The van der Waals surface area contributed by atoms with Crippen molar-refractivity contribution in [2.75, 3.05) is 25.5 Å². The average molecular weight is 613 g/mol. The molecule has 0 aliphatic heterocycles. The van der Waals surface area contributed by atoms with Gasteiger partial charge in [0.1, 0.15) is 28.2 Å². The Morgan fingerprint density at radius 3 is 2.45 bits per heavy atom. The first kappa shape index (κ1) is 29.9. The molecule has 0 saturated heterocycles. The number of halogens is 1. The van der Waals surface area contributed by atoms with Crippen LogP contribution in [0, 0.1) is 20.8 Å². The summed E-state index contributed by atoms with van der Waals surface area (Å²) in [5.41, 5.74) is 7.44. The number of methoxy groups -OCH3 is 1. The summed E-state index contributed by atoms with van der Waals surface area (Å²) in [5, 5.41) is 10.9. The second kappa shape index (κ2) is 12.8. The number of rotatable bonds is 12. The average Bonchev–Trinajstić information content (AvgIpc) is 3.32. The van der Waals surface area contributed by atoms with Gasteiger partial charge in [-0.15, -0.1) is 0 Å². The first-order valence-corrected chi connectivity index (χ1v) is 15.6. The normalized spacial score (nSPS) is 11.8. The van der Waals surface area contributed by atoms with Crippen molar-refractivity contribution in [2.45, 2.75) is 59.4 Å². The Morgan fingerprint density at radius 2 is 1.64 bits per heavy atom. The van der Waals surface area contributed by atoms with Crippen molar-refractivity contribution in [3.8, 4) is 5.75 Å². The highest BCUT2D eigenvalue weighted by Gasteiger charge is 2.18. The molecule has 44 heavy (non-hydrogen) atoms. The minimum atomic E-state index is -0.334. The first-order chi connectivity index (χ1) is 21.3. The predicted octanol–water partition coefficient (Wildman–Crippen LogP) is 8.38. The lowest BCUT2D eigenvalue weighted by atomic mass is 10.0. The topological polar surface area (TPSA) is 102 Å². The highest BCUT2D eigenvalue weighted by atomic mass is 35.5. The van der Waals surface area contributed by atoms with Crippen LogP contribution in [0.25, 0.3) is 43.9 Å². The Bertz CT molecular complexity index is 2050. The maximum Gasteiger partial charge on any atom is 0.336 e. The summed E-state index contributed by atoms with van der Waals surface area (Å²) in [6, 6.07) is 11.3. The molecule has 0 fully saturated rings. The number of hydrogen-bond acceptors (Lipinski definition) is 8. The molecule has 0 radical (unpaired) electrons. The van der Waals surface area contributed by atoms with E-state index in [1.807, 2.05) is 45.0 Å². The van der Waals surface area contributed by atoms with Gasteiger partial charge in [0.2, 0.25) is 0 Å². The molecule has 6 aromatic rings. The van der Waals surface area contributed by atoms with Crippen LogP contribution in [0.4, 0.5) is 5.69 Å². The summed E-state index contributed by atoms with van der Waals surface area (Å²) in [5.74, 6) is 1.57. The summed E-state index contributed by atoms with van der Waals surface area (Å²) < 4.78 is 17.0. The van der Waals surface area contributed by atoms with Gasteiger partial charge in [0.25, 0.3) is 0 Å². The minimum absolute atomic E-state index is 0.334. The molecule has 9 heteroatoms. The molecule has 0 aliphatic rings. The monoisotopic (exact) mass is 612 g/mol. The zero-order chi connectivity index (χ0) is 30.8. The van der Waals surface area contributed by atoms with E-state index in [-0.39, 0.29) is 5.63 Å². The van der Waals surface area contributed by atoms with E-state index in [1.54, 1.807) is 19.4 Å². The molecular weight excluding hydrogens is 576 g/mol. The largest absolute Gasteiger partial charge is 0.495 e. The van der Waals surface area contributed by atoms with Crippen LogP contribution in [-0.2, 0) is 6.54 Å².